The van der Waals surface area contributed by atoms with Crippen molar-refractivity contribution in [3.05, 3.63) is 0 Å². The number of hydrogen-bond acceptors (Lipinski definition) is 6. The minimum Gasteiger partial charge on any atom is -0.474 e. The van der Waals surface area contributed by atoms with Crippen molar-refractivity contribution < 1.29 is 29.0 Å². The predicted octanol–water partition coefficient (Wildman–Crippen LogP) is 8.83. The molecule has 0 aliphatic heterocycles. The number of aliphatic carboxylic acids is 1. The maximum Gasteiger partial charge on any atom is 0.472 e. The van der Waals surface area contributed by atoms with E-state index in [1.54, 1.807) is 6.92 Å². The fourth-order valence-electron chi connectivity index (χ4n) is 4.55. The Kier molecular flexibility index (Phi) is 23.8. The lowest BCUT2D eigenvalue weighted by molar-refractivity contribution is -0.256. The van der Waals surface area contributed by atoms with Crippen LogP contribution in [0.3, 0.4) is 0 Å². The van der Waals surface area contributed by atoms with Gasteiger partial charge in [0, 0.05) is 0 Å². The van der Waals surface area contributed by atoms with E-state index in [-0.39, 0.29) is 0 Å². The average Bonchev–Trinajstić information content (AvgIpc) is 2.86. The fraction of sp³-hybridized carbons (Fsp3) is 0.964. The summed E-state index contributed by atoms with van der Waals surface area (Å²) in [6.45, 7) is 6.25. The molecule has 5 atom stereocenters. The monoisotopic (exact) mass is 551 g/mol. The van der Waals surface area contributed by atoms with Crippen molar-refractivity contribution >= 4 is 27.1 Å². The Hall–Kier alpha value is -0.200. The smallest absolute Gasteiger partial charge is 0.472 e. The molecule has 0 radical (unpaired) electrons. The molecule has 0 aromatic carbocycles. The van der Waals surface area contributed by atoms with Crippen LogP contribution in [0.15, 0.2) is 0 Å². The van der Waals surface area contributed by atoms with Crippen LogP contribution in [0.5, 0.6) is 0 Å². The molecule has 0 heterocycles. The van der Waals surface area contributed by atoms with Crippen LogP contribution in [0.25, 0.3) is 0 Å². The molecular formula is C28H56O6PS+. The number of rotatable bonds is 27. The van der Waals surface area contributed by atoms with Crippen LogP contribution in [0.2, 0.25) is 0 Å². The van der Waals surface area contributed by atoms with Gasteiger partial charge in [-0.2, -0.15) is 0 Å². The summed E-state index contributed by atoms with van der Waals surface area (Å²) in [6.07, 6.45) is 23.2. The minimum atomic E-state index is -2.75. The molecule has 0 saturated carbocycles. The molecule has 214 valence electrons. The molecule has 0 saturated heterocycles. The van der Waals surface area contributed by atoms with E-state index in [2.05, 4.69) is 26.5 Å². The predicted molar refractivity (Wildman–Crippen MR) is 153 cm³/mol. The van der Waals surface area contributed by atoms with Crippen molar-refractivity contribution in [1.29, 1.82) is 0 Å². The van der Waals surface area contributed by atoms with Crippen LogP contribution in [0.4, 0.5) is 0 Å². The van der Waals surface area contributed by atoms with E-state index >= 15 is 0 Å². The second-order valence-electron chi connectivity index (χ2n) is 10.2. The molecular weight excluding hydrogens is 495 g/mol. The Morgan fingerprint density at radius 3 is 1.58 bits per heavy atom. The highest BCUT2D eigenvalue weighted by atomic mass is 32.1. The van der Waals surface area contributed by atoms with Crippen LogP contribution in [-0.4, -0.2) is 33.4 Å². The first-order valence-corrected chi connectivity index (χ1v) is 16.1. The third-order valence-corrected chi connectivity index (χ3v) is 7.78. The fourth-order valence-corrected chi connectivity index (χ4v) is 5.25. The quantitative estimate of drug-likeness (QED) is 0.0409. The van der Waals surface area contributed by atoms with Gasteiger partial charge in [-0.05, 0) is 18.8 Å². The number of carboxylic acids is 1. The summed E-state index contributed by atoms with van der Waals surface area (Å²) >= 11 is 4.60. The highest BCUT2D eigenvalue weighted by molar-refractivity contribution is 7.80. The first-order chi connectivity index (χ1) is 17.3. The van der Waals surface area contributed by atoms with Crippen LogP contribution in [-0.2, 0) is 18.8 Å². The van der Waals surface area contributed by atoms with Crippen molar-refractivity contribution in [2.45, 2.75) is 166 Å². The van der Waals surface area contributed by atoms with Gasteiger partial charge in [-0.1, -0.05) is 141 Å². The van der Waals surface area contributed by atoms with Gasteiger partial charge in [0.05, 0.1) is 0 Å². The van der Waals surface area contributed by atoms with E-state index in [9.17, 15) is 14.5 Å². The van der Waals surface area contributed by atoms with Gasteiger partial charge in [-0.15, -0.1) is 12.6 Å². The topological polar surface area (TPSA) is 93.1 Å². The zero-order chi connectivity index (χ0) is 27.1. The molecule has 8 heteroatoms. The van der Waals surface area contributed by atoms with Crippen LogP contribution >= 0.6 is 21.1 Å². The first-order valence-electron chi connectivity index (χ1n) is 14.7. The number of thiol groups is 1. The van der Waals surface area contributed by atoms with Crippen molar-refractivity contribution in [3.63, 3.8) is 0 Å². The van der Waals surface area contributed by atoms with Gasteiger partial charge in [0.2, 0.25) is 0 Å². The van der Waals surface area contributed by atoms with Gasteiger partial charge in [0.1, 0.15) is 5.44 Å². The van der Waals surface area contributed by atoms with Crippen LogP contribution < -0.4 is 0 Å². The van der Waals surface area contributed by atoms with E-state index in [0.717, 1.165) is 19.3 Å². The van der Waals surface area contributed by atoms with E-state index < -0.39 is 31.7 Å². The van der Waals surface area contributed by atoms with Gasteiger partial charge in [-0.3, -0.25) is 4.74 Å². The number of carbonyl (C=O) groups is 1. The molecule has 0 aromatic rings. The lowest BCUT2D eigenvalue weighted by Crippen LogP contribution is -2.40. The highest BCUT2D eigenvalue weighted by Crippen LogP contribution is 2.29. The first kappa shape index (κ1) is 35.8. The summed E-state index contributed by atoms with van der Waals surface area (Å²) in [5, 5.41) is 19.0. The maximum atomic E-state index is 11.2. The van der Waals surface area contributed by atoms with E-state index in [1.165, 1.54) is 103 Å². The number of carboxylic acid groups (broad SMARTS) is 1. The van der Waals surface area contributed by atoms with Gasteiger partial charge in [0.25, 0.3) is 0 Å². The zero-order valence-corrected chi connectivity index (χ0v) is 25.2. The van der Waals surface area contributed by atoms with E-state index in [4.69, 9.17) is 14.6 Å². The van der Waals surface area contributed by atoms with Gasteiger partial charge >= 0.3 is 20.0 Å². The van der Waals surface area contributed by atoms with Crippen LogP contribution in [0.1, 0.15) is 149 Å². The van der Waals surface area contributed by atoms with Gasteiger partial charge < -0.3 is 14.9 Å². The SMILES string of the molecule is CCCCCCCCCCCCC(CCCCCCCC)CC(S)OC(CC)OC(O)([PH+]=O)C(=O)O. The molecule has 0 aliphatic rings. The van der Waals surface area contributed by atoms with E-state index in [1.807, 2.05) is 0 Å². The summed E-state index contributed by atoms with van der Waals surface area (Å²) in [4.78, 5) is 11.2. The van der Waals surface area contributed by atoms with Crippen molar-refractivity contribution in [2.75, 3.05) is 0 Å². The van der Waals surface area contributed by atoms with E-state index in [0.29, 0.717) is 12.3 Å². The van der Waals surface area contributed by atoms with Crippen LogP contribution in [0, 0.1) is 5.92 Å². The number of ether oxygens (including phenoxy) is 2. The molecule has 2 N–H and O–H groups in total. The molecule has 0 rings (SSSR count). The third-order valence-electron chi connectivity index (χ3n) is 6.84. The summed E-state index contributed by atoms with van der Waals surface area (Å²) in [7, 11) is -1.55. The lowest BCUT2D eigenvalue weighted by atomic mass is 9.91. The molecule has 0 spiro atoms. The highest BCUT2D eigenvalue weighted by Gasteiger charge is 2.50. The average molecular weight is 552 g/mol. The molecule has 6 nitrogen and oxygen atoms in total. The lowest BCUT2D eigenvalue weighted by Gasteiger charge is -2.26. The number of unbranched alkanes of at least 4 members (excludes halogenated alkanes) is 14. The Morgan fingerprint density at radius 2 is 1.22 bits per heavy atom. The maximum absolute atomic E-state index is 11.2. The molecule has 36 heavy (non-hydrogen) atoms. The zero-order valence-electron chi connectivity index (χ0n) is 23.3. The second kappa shape index (κ2) is 23.9. The molecule has 0 aromatic heterocycles. The van der Waals surface area contributed by atoms with Crippen molar-refractivity contribution in [3.8, 4) is 0 Å². The summed E-state index contributed by atoms with van der Waals surface area (Å²) in [5.74, 6) is -1.19. The molecule has 0 bridgehead atoms. The summed E-state index contributed by atoms with van der Waals surface area (Å²) < 4.78 is 22.1. The summed E-state index contributed by atoms with van der Waals surface area (Å²) in [6, 6.07) is 0. The Balaban J connectivity index is 4.54. The number of aliphatic hydroxyl groups is 1. The Labute approximate surface area is 228 Å². The van der Waals surface area contributed by atoms with Crippen molar-refractivity contribution in [1.82, 2.24) is 0 Å². The van der Waals surface area contributed by atoms with Gasteiger partial charge in [-0.25, -0.2) is 4.79 Å². The van der Waals surface area contributed by atoms with Crippen molar-refractivity contribution in [2.24, 2.45) is 5.92 Å². The van der Waals surface area contributed by atoms with Gasteiger partial charge in [0.15, 0.2) is 6.29 Å². The molecule has 0 fully saturated rings. The second-order valence-corrected chi connectivity index (χ2v) is 11.7. The summed E-state index contributed by atoms with van der Waals surface area (Å²) in [5.41, 5.74) is -3.18. The third kappa shape index (κ3) is 19.0. The normalized spacial score (nSPS) is 16.0. The Morgan fingerprint density at radius 1 is 0.806 bits per heavy atom. The molecule has 5 unspecified atom stereocenters. The Bertz CT molecular complexity index is 538. The largest absolute Gasteiger partial charge is 0.474 e. The standard InChI is InChI=1S/C28H55O6PS/c1-4-7-9-11-13-14-15-16-18-20-22-24(21-19-17-12-10-8-5-2)23-26(36)33-25(6-3)34-28(31,35-32)27(29)30/h24-26,31,36H,4-23H2,1-3H3,(H,29,30)/p+1. The minimum absolute atomic E-state index is 0.317. The molecule has 0 amide bonds. The molecule has 0 aliphatic carbocycles. The number of hydrogen-bond donors (Lipinski definition) is 3.